The largest absolute Gasteiger partial charge is 0.415 e. The number of nitrogens with zero attached hydrogens (tertiary/aromatic N) is 3. The fraction of sp³-hybridized carbons (Fsp3) is 0.818. The molecule has 1 saturated heterocycles. The summed E-state index contributed by atoms with van der Waals surface area (Å²) in [6.07, 6.45) is -7.69. The minimum absolute atomic E-state index is 0.202. The first-order valence-corrected chi connectivity index (χ1v) is 6.17. The Bertz CT molecular complexity index is 452. The molecule has 0 saturated carbocycles. The number of likely N-dealkylation sites (N-methyl/N-ethyl adjacent to an activating group) is 1. The van der Waals surface area contributed by atoms with E-state index >= 15 is 0 Å². The van der Waals surface area contributed by atoms with Crippen molar-refractivity contribution in [2.75, 3.05) is 26.7 Å². The first-order chi connectivity index (χ1) is 9.29. The van der Waals surface area contributed by atoms with Gasteiger partial charge in [0, 0.05) is 13.1 Å². The molecule has 0 aromatic carbocycles. The summed E-state index contributed by atoms with van der Waals surface area (Å²) in [6.45, 7) is 2.98. The van der Waals surface area contributed by atoms with Gasteiger partial charge in [0.2, 0.25) is 11.7 Å². The van der Waals surface area contributed by atoms with Crippen molar-refractivity contribution in [3.63, 3.8) is 0 Å². The molecular formula is C11H16F3N3O3. The zero-order valence-electron chi connectivity index (χ0n) is 11.1. The standard InChI is InChI=1S/C11H16F3N3O3/c1-6(8(18)11(12,13)14)10-15-9(16-20-10)7-5-17(2)3-4-19-7/h6-8,18H,3-5H2,1-2H3. The molecule has 0 bridgehead atoms. The molecule has 1 aromatic heterocycles. The summed E-state index contributed by atoms with van der Waals surface area (Å²) in [5.74, 6) is -1.37. The molecule has 1 aliphatic heterocycles. The van der Waals surface area contributed by atoms with Crippen LogP contribution in [0.2, 0.25) is 0 Å². The molecule has 1 fully saturated rings. The zero-order valence-corrected chi connectivity index (χ0v) is 11.1. The lowest BCUT2D eigenvalue weighted by Gasteiger charge is -2.27. The number of aliphatic hydroxyl groups excluding tert-OH is 1. The second-order valence-corrected chi connectivity index (χ2v) is 4.89. The van der Waals surface area contributed by atoms with Gasteiger partial charge in [-0.3, -0.25) is 0 Å². The van der Waals surface area contributed by atoms with Crippen molar-refractivity contribution in [1.82, 2.24) is 15.0 Å². The fourth-order valence-electron chi connectivity index (χ4n) is 1.92. The third-order valence-electron chi connectivity index (χ3n) is 3.21. The van der Waals surface area contributed by atoms with Crippen molar-refractivity contribution in [1.29, 1.82) is 0 Å². The van der Waals surface area contributed by atoms with E-state index in [2.05, 4.69) is 10.1 Å². The van der Waals surface area contributed by atoms with Gasteiger partial charge < -0.3 is 19.3 Å². The summed E-state index contributed by atoms with van der Waals surface area (Å²) in [5, 5.41) is 12.8. The van der Waals surface area contributed by atoms with Crippen molar-refractivity contribution in [3.05, 3.63) is 11.7 Å². The molecule has 6 nitrogen and oxygen atoms in total. The van der Waals surface area contributed by atoms with Gasteiger partial charge in [-0.05, 0) is 7.05 Å². The maximum atomic E-state index is 12.4. The van der Waals surface area contributed by atoms with Crippen molar-refractivity contribution in [3.8, 4) is 0 Å². The van der Waals surface area contributed by atoms with E-state index in [4.69, 9.17) is 9.26 Å². The van der Waals surface area contributed by atoms with E-state index in [0.717, 1.165) is 6.54 Å². The molecule has 0 aliphatic carbocycles. The van der Waals surface area contributed by atoms with Gasteiger partial charge in [0.05, 0.1) is 12.5 Å². The minimum Gasteiger partial charge on any atom is -0.383 e. The van der Waals surface area contributed by atoms with E-state index in [0.29, 0.717) is 13.2 Å². The van der Waals surface area contributed by atoms with Gasteiger partial charge in [-0.1, -0.05) is 12.1 Å². The first kappa shape index (κ1) is 15.2. The van der Waals surface area contributed by atoms with Crippen LogP contribution in [0.15, 0.2) is 4.52 Å². The van der Waals surface area contributed by atoms with Crippen LogP contribution in [0.4, 0.5) is 13.2 Å². The first-order valence-electron chi connectivity index (χ1n) is 6.17. The average Bonchev–Trinajstić information content (AvgIpc) is 2.85. The van der Waals surface area contributed by atoms with E-state index in [1.165, 1.54) is 6.92 Å². The number of rotatable bonds is 3. The van der Waals surface area contributed by atoms with Crippen molar-refractivity contribution < 1.29 is 27.5 Å². The lowest BCUT2D eigenvalue weighted by Crippen LogP contribution is -2.36. The molecule has 0 spiro atoms. The van der Waals surface area contributed by atoms with Crippen molar-refractivity contribution in [2.45, 2.75) is 31.2 Å². The normalized spacial score (nSPS) is 24.6. The van der Waals surface area contributed by atoms with Crippen LogP contribution in [-0.4, -0.2) is 59.2 Å². The van der Waals surface area contributed by atoms with E-state index in [1.807, 2.05) is 11.9 Å². The predicted octanol–water partition coefficient (Wildman–Crippen LogP) is 1.10. The van der Waals surface area contributed by atoms with Crippen molar-refractivity contribution in [2.24, 2.45) is 0 Å². The van der Waals surface area contributed by atoms with Gasteiger partial charge >= 0.3 is 6.18 Å². The summed E-state index contributed by atoms with van der Waals surface area (Å²) >= 11 is 0. The number of hydrogen-bond donors (Lipinski definition) is 1. The number of aromatic nitrogens is 2. The van der Waals surface area contributed by atoms with Crippen LogP contribution in [-0.2, 0) is 4.74 Å². The third kappa shape index (κ3) is 3.28. The predicted molar refractivity (Wildman–Crippen MR) is 61.0 cm³/mol. The molecule has 2 rings (SSSR count). The SMILES string of the molecule is CC(c1nc(C2CN(C)CCO2)no1)C(O)C(F)(F)F. The quantitative estimate of drug-likeness (QED) is 0.900. The summed E-state index contributed by atoms with van der Waals surface area (Å²) in [7, 11) is 1.90. The number of alkyl halides is 3. The Kier molecular flexibility index (Phi) is 4.31. The summed E-state index contributed by atoms with van der Waals surface area (Å²) in [5.41, 5.74) is 0. The maximum absolute atomic E-state index is 12.4. The van der Waals surface area contributed by atoms with Crippen LogP contribution in [0.3, 0.4) is 0 Å². The molecule has 3 atom stereocenters. The zero-order chi connectivity index (χ0) is 14.9. The van der Waals surface area contributed by atoms with E-state index in [-0.39, 0.29) is 11.7 Å². The highest BCUT2D eigenvalue weighted by atomic mass is 19.4. The van der Waals surface area contributed by atoms with Crippen molar-refractivity contribution >= 4 is 0 Å². The van der Waals surface area contributed by atoms with Crippen LogP contribution in [0.1, 0.15) is 30.7 Å². The van der Waals surface area contributed by atoms with Gasteiger partial charge in [-0.15, -0.1) is 0 Å². The highest BCUT2D eigenvalue weighted by molar-refractivity contribution is 5.00. The Hall–Kier alpha value is -1.19. The van der Waals surface area contributed by atoms with Gasteiger partial charge in [0.1, 0.15) is 6.10 Å². The Balaban J connectivity index is 2.08. The van der Waals surface area contributed by atoms with Crippen LogP contribution < -0.4 is 0 Å². The fourth-order valence-corrected chi connectivity index (χ4v) is 1.92. The monoisotopic (exact) mass is 295 g/mol. The molecule has 9 heteroatoms. The minimum atomic E-state index is -4.73. The molecule has 0 radical (unpaired) electrons. The smallest absolute Gasteiger partial charge is 0.383 e. The van der Waals surface area contributed by atoms with Crippen LogP contribution in [0, 0.1) is 0 Å². The lowest BCUT2D eigenvalue weighted by atomic mass is 10.0. The summed E-state index contributed by atoms with van der Waals surface area (Å²) in [4.78, 5) is 5.91. The number of hydrogen-bond acceptors (Lipinski definition) is 6. The van der Waals surface area contributed by atoms with E-state index in [9.17, 15) is 18.3 Å². The Labute approximate surface area is 113 Å². The van der Waals surface area contributed by atoms with Crippen LogP contribution in [0.25, 0.3) is 0 Å². The molecule has 3 unspecified atom stereocenters. The highest BCUT2D eigenvalue weighted by Gasteiger charge is 2.44. The number of ether oxygens (including phenoxy) is 1. The maximum Gasteiger partial charge on any atom is 0.415 e. The van der Waals surface area contributed by atoms with Gasteiger partial charge in [-0.25, -0.2) is 0 Å². The molecule has 1 aromatic rings. The number of halogens is 3. The average molecular weight is 295 g/mol. The number of aliphatic hydroxyl groups is 1. The Morgan fingerprint density at radius 2 is 2.15 bits per heavy atom. The summed E-state index contributed by atoms with van der Waals surface area (Å²) in [6, 6.07) is 0. The van der Waals surface area contributed by atoms with Gasteiger partial charge in [-0.2, -0.15) is 18.2 Å². The molecule has 2 heterocycles. The Morgan fingerprint density at radius 3 is 2.75 bits per heavy atom. The van der Waals surface area contributed by atoms with Crippen LogP contribution >= 0.6 is 0 Å². The van der Waals surface area contributed by atoms with Crippen LogP contribution in [0.5, 0.6) is 0 Å². The number of morpholine rings is 1. The molecule has 0 amide bonds. The molecule has 1 aliphatic rings. The molecule has 20 heavy (non-hydrogen) atoms. The third-order valence-corrected chi connectivity index (χ3v) is 3.21. The topological polar surface area (TPSA) is 71.6 Å². The van der Waals surface area contributed by atoms with Gasteiger partial charge in [0.15, 0.2) is 6.10 Å². The highest BCUT2D eigenvalue weighted by Crippen LogP contribution is 2.31. The molecule has 1 N–H and O–H groups in total. The molecular weight excluding hydrogens is 279 g/mol. The van der Waals surface area contributed by atoms with E-state index in [1.54, 1.807) is 0 Å². The second kappa shape index (κ2) is 5.66. The Morgan fingerprint density at radius 1 is 1.45 bits per heavy atom. The molecule has 114 valence electrons. The lowest BCUT2D eigenvalue weighted by molar-refractivity contribution is -0.210. The van der Waals surface area contributed by atoms with Gasteiger partial charge in [0.25, 0.3) is 0 Å². The second-order valence-electron chi connectivity index (χ2n) is 4.89. The van der Waals surface area contributed by atoms with E-state index < -0.39 is 24.3 Å². The summed E-state index contributed by atoms with van der Waals surface area (Å²) < 4.78 is 47.5.